The highest BCUT2D eigenvalue weighted by atomic mass is 16.2. The van der Waals surface area contributed by atoms with Gasteiger partial charge in [0.1, 0.15) is 0 Å². The van der Waals surface area contributed by atoms with Crippen molar-refractivity contribution in [1.29, 1.82) is 0 Å². The fraction of sp³-hybridized carbons (Fsp3) is 0.333. The number of hydrogen-bond acceptors (Lipinski definition) is 5. The number of piperazine rings is 1. The first-order valence-electron chi connectivity index (χ1n) is 9.75. The molecule has 4 rings (SSSR count). The SMILES string of the molecule is Cc1ccn(-c2ccc(N3CCN(C(=O)Nc4cccc(C)c4C)CC3)nn2)n1. The molecule has 3 aromatic rings. The van der Waals surface area contributed by atoms with Crippen LogP contribution in [-0.4, -0.2) is 57.1 Å². The van der Waals surface area contributed by atoms with Crippen LogP contribution < -0.4 is 10.2 Å². The van der Waals surface area contributed by atoms with Crippen molar-refractivity contribution in [2.24, 2.45) is 0 Å². The van der Waals surface area contributed by atoms with Gasteiger partial charge in [0.15, 0.2) is 11.6 Å². The zero-order valence-electron chi connectivity index (χ0n) is 17.0. The van der Waals surface area contributed by atoms with Crippen LogP contribution in [-0.2, 0) is 0 Å². The van der Waals surface area contributed by atoms with Gasteiger partial charge in [-0.2, -0.15) is 5.10 Å². The van der Waals surface area contributed by atoms with Crippen molar-refractivity contribution in [2.45, 2.75) is 20.8 Å². The molecule has 0 atom stereocenters. The van der Waals surface area contributed by atoms with Crippen LogP contribution in [0.2, 0.25) is 0 Å². The van der Waals surface area contributed by atoms with Crippen LogP contribution in [0.1, 0.15) is 16.8 Å². The number of hydrogen-bond donors (Lipinski definition) is 1. The lowest BCUT2D eigenvalue weighted by molar-refractivity contribution is 0.208. The van der Waals surface area contributed by atoms with E-state index in [0.29, 0.717) is 18.9 Å². The summed E-state index contributed by atoms with van der Waals surface area (Å²) in [6, 6.07) is 11.7. The Balaban J connectivity index is 1.35. The quantitative estimate of drug-likeness (QED) is 0.743. The minimum absolute atomic E-state index is 0.0613. The molecule has 1 aliphatic rings. The second-order valence-electron chi connectivity index (χ2n) is 7.30. The van der Waals surface area contributed by atoms with E-state index in [1.54, 1.807) is 4.68 Å². The standard InChI is InChI=1S/C21H25N7O/c1-15-5-4-6-18(17(15)3)22-21(29)27-13-11-26(12-14-27)19-7-8-20(24-23-19)28-10-9-16(2)25-28/h4-10H,11-14H2,1-3H3,(H,22,29). The van der Waals surface area contributed by atoms with Crippen molar-refractivity contribution in [3.8, 4) is 5.82 Å². The first kappa shape index (κ1) is 18.9. The van der Waals surface area contributed by atoms with Crippen LogP contribution in [0.5, 0.6) is 0 Å². The third-order valence-electron chi connectivity index (χ3n) is 5.33. The maximum atomic E-state index is 12.6. The highest BCUT2D eigenvalue weighted by Crippen LogP contribution is 2.19. The number of amides is 2. The number of aryl methyl sites for hydroxylation is 2. The maximum Gasteiger partial charge on any atom is 0.321 e. The number of nitrogens with one attached hydrogen (secondary N) is 1. The molecule has 1 aromatic carbocycles. The van der Waals surface area contributed by atoms with E-state index in [2.05, 4.69) is 25.5 Å². The predicted molar refractivity (Wildman–Crippen MR) is 113 cm³/mol. The number of anilines is 2. The van der Waals surface area contributed by atoms with Crippen molar-refractivity contribution in [1.82, 2.24) is 24.9 Å². The molecule has 0 radical (unpaired) electrons. The minimum Gasteiger partial charge on any atom is -0.352 e. The van der Waals surface area contributed by atoms with Crippen molar-refractivity contribution >= 4 is 17.5 Å². The van der Waals surface area contributed by atoms with E-state index in [4.69, 9.17) is 0 Å². The summed E-state index contributed by atoms with van der Waals surface area (Å²) >= 11 is 0. The van der Waals surface area contributed by atoms with Crippen LogP contribution in [0.3, 0.4) is 0 Å². The van der Waals surface area contributed by atoms with Gasteiger partial charge in [-0.1, -0.05) is 12.1 Å². The van der Waals surface area contributed by atoms with Gasteiger partial charge in [-0.15, -0.1) is 10.2 Å². The van der Waals surface area contributed by atoms with E-state index in [0.717, 1.165) is 35.9 Å². The molecule has 150 valence electrons. The molecule has 0 saturated carbocycles. The Bertz CT molecular complexity index is 1000. The van der Waals surface area contributed by atoms with Crippen molar-refractivity contribution < 1.29 is 4.79 Å². The summed E-state index contributed by atoms with van der Waals surface area (Å²) in [5.74, 6) is 1.50. The molecular weight excluding hydrogens is 366 g/mol. The molecular formula is C21H25N7O. The third kappa shape index (κ3) is 4.06. The maximum absolute atomic E-state index is 12.6. The van der Waals surface area contributed by atoms with E-state index in [9.17, 15) is 4.79 Å². The smallest absolute Gasteiger partial charge is 0.321 e. The van der Waals surface area contributed by atoms with Crippen LogP contribution in [0.15, 0.2) is 42.6 Å². The Kier molecular flexibility index (Phi) is 5.16. The minimum atomic E-state index is -0.0613. The predicted octanol–water partition coefficient (Wildman–Crippen LogP) is 2.94. The molecule has 29 heavy (non-hydrogen) atoms. The third-order valence-corrected chi connectivity index (χ3v) is 5.33. The number of benzene rings is 1. The zero-order chi connectivity index (χ0) is 20.4. The molecule has 1 aliphatic heterocycles. The average Bonchev–Trinajstić information content (AvgIpc) is 3.18. The fourth-order valence-corrected chi connectivity index (χ4v) is 3.37. The van der Waals surface area contributed by atoms with E-state index in [1.807, 2.05) is 68.3 Å². The Morgan fingerprint density at radius 1 is 0.931 bits per heavy atom. The highest BCUT2D eigenvalue weighted by molar-refractivity contribution is 5.90. The molecule has 0 spiro atoms. The summed E-state index contributed by atoms with van der Waals surface area (Å²) in [6.07, 6.45) is 1.87. The van der Waals surface area contributed by atoms with Gasteiger partial charge in [0.2, 0.25) is 0 Å². The van der Waals surface area contributed by atoms with Gasteiger partial charge in [0.25, 0.3) is 0 Å². The summed E-state index contributed by atoms with van der Waals surface area (Å²) in [4.78, 5) is 16.6. The van der Waals surface area contributed by atoms with E-state index in [1.165, 1.54) is 5.56 Å². The van der Waals surface area contributed by atoms with Crippen molar-refractivity contribution in [3.05, 3.63) is 59.4 Å². The summed E-state index contributed by atoms with van der Waals surface area (Å²) in [5, 5.41) is 16.0. The summed E-state index contributed by atoms with van der Waals surface area (Å²) in [7, 11) is 0. The number of aromatic nitrogens is 4. The second-order valence-corrected chi connectivity index (χ2v) is 7.30. The summed E-state index contributed by atoms with van der Waals surface area (Å²) < 4.78 is 1.71. The van der Waals surface area contributed by atoms with Gasteiger partial charge in [-0.3, -0.25) is 0 Å². The molecule has 1 N–H and O–H groups in total. The molecule has 2 aromatic heterocycles. The molecule has 0 unspecified atom stereocenters. The molecule has 0 bridgehead atoms. The van der Waals surface area contributed by atoms with Gasteiger partial charge >= 0.3 is 6.03 Å². The van der Waals surface area contributed by atoms with Gasteiger partial charge in [0.05, 0.1) is 5.69 Å². The van der Waals surface area contributed by atoms with Crippen molar-refractivity contribution in [2.75, 3.05) is 36.4 Å². The fourth-order valence-electron chi connectivity index (χ4n) is 3.37. The Hall–Kier alpha value is -3.42. The van der Waals surface area contributed by atoms with E-state index in [-0.39, 0.29) is 6.03 Å². The van der Waals surface area contributed by atoms with E-state index >= 15 is 0 Å². The van der Waals surface area contributed by atoms with Gasteiger partial charge in [-0.25, -0.2) is 9.48 Å². The van der Waals surface area contributed by atoms with E-state index < -0.39 is 0 Å². The molecule has 1 saturated heterocycles. The highest BCUT2D eigenvalue weighted by Gasteiger charge is 2.22. The number of carbonyl (C=O) groups is 1. The number of rotatable bonds is 3. The number of nitrogens with zero attached hydrogens (tertiary/aromatic N) is 6. The Morgan fingerprint density at radius 2 is 1.66 bits per heavy atom. The molecule has 3 heterocycles. The van der Waals surface area contributed by atoms with Crippen LogP contribution in [0.25, 0.3) is 5.82 Å². The van der Waals surface area contributed by atoms with Gasteiger partial charge in [0, 0.05) is 38.1 Å². The zero-order valence-corrected chi connectivity index (χ0v) is 17.0. The lowest BCUT2D eigenvalue weighted by Crippen LogP contribution is -2.50. The average molecular weight is 391 g/mol. The van der Waals surface area contributed by atoms with Gasteiger partial charge in [-0.05, 0) is 56.2 Å². The molecule has 2 amide bonds. The lowest BCUT2D eigenvalue weighted by atomic mass is 10.1. The Morgan fingerprint density at radius 3 is 2.31 bits per heavy atom. The van der Waals surface area contributed by atoms with Crippen LogP contribution in [0.4, 0.5) is 16.3 Å². The first-order valence-corrected chi connectivity index (χ1v) is 9.75. The number of carbonyl (C=O) groups excluding carboxylic acids is 1. The molecule has 0 aliphatic carbocycles. The van der Waals surface area contributed by atoms with Crippen LogP contribution >= 0.6 is 0 Å². The monoisotopic (exact) mass is 391 g/mol. The topological polar surface area (TPSA) is 79.2 Å². The van der Waals surface area contributed by atoms with Gasteiger partial charge < -0.3 is 15.1 Å². The number of urea groups is 1. The largest absolute Gasteiger partial charge is 0.352 e. The normalized spacial score (nSPS) is 14.2. The van der Waals surface area contributed by atoms with Crippen LogP contribution in [0, 0.1) is 20.8 Å². The molecule has 8 nitrogen and oxygen atoms in total. The summed E-state index contributed by atoms with van der Waals surface area (Å²) in [5.41, 5.74) is 4.07. The second kappa shape index (κ2) is 7.90. The first-order chi connectivity index (χ1) is 14.0. The van der Waals surface area contributed by atoms with Crippen molar-refractivity contribution in [3.63, 3.8) is 0 Å². The molecule has 8 heteroatoms. The lowest BCUT2D eigenvalue weighted by Gasteiger charge is -2.35. The summed E-state index contributed by atoms with van der Waals surface area (Å²) in [6.45, 7) is 8.72. The molecule has 1 fully saturated rings. The Labute approximate surface area is 170 Å².